The van der Waals surface area contributed by atoms with Gasteiger partial charge in [-0.05, 0) is 12.1 Å². The van der Waals surface area contributed by atoms with E-state index in [1.54, 1.807) is 7.11 Å². The van der Waals surface area contributed by atoms with Gasteiger partial charge in [0, 0.05) is 13.2 Å². The van der Waals surface area contributed by atoms with Crippen molar-refractivity contribution < 1.29 is 22.6 Å². The Labute approximate surface area is 112 Å². The Morgan fingerprint density at radius 1 is 1.16 bits per heavy atom. The van der Waals surface area contributed by atoms with Crippen molar-refractivity contribution in [3.05, 3.63) is 18.2 Å². The summed E-state index contributed by atoms with van der Waals surface area (Å²) in [6.07, 6.45) is 0. The smallest absolute Gasteiger partial charge is 0.238 e. The Kier molecular flexibility index (Phi) is 6.03. The van der Waals surface area contributed by atoms with Crippen LogP contribution in [0.1, 0.15) is 0 Å². The van der Waals surface area contributed by atoms with Crippen molar-refractivity contribution in [2.24, 2.45) is 5.14 Å². The van der Waals surface area contributed by atoms with Gasteiger partial charge in [-0.15, -0.1) is 0 Å². The molecular formula is C11H18N2O5S. The lowest BCUT2D eigenvalue weighted by atomic mass is 10.3. The highest BCUT2D eigenvalue weighted by Crippen LogP contribution is 2.24. The average Bonchev–Trinajstić information content (AvgIpc) is 2.34. The fraction of sp³-hybridized carbons (Fsp3) is 0.455. The summed E-state index contributed by atoms with van der Waals surface area (Å²) >= 11 is 0. The van der Waals surface area contributed by atoms with Crippen LogP contribution in [0.3, 0.4) is 0 Å². The highest BCUT2D eigenvalue weighted by atomic mass is 32.2. The van der Waals surface area contributed by atoms with Gasteiger partial charge in [-0.3, -0.25) is 0 Å². The fourth-order valence-corrected chi connectivity index (χ4v) is 1.80. The molecule has 1 rings (SSSR count). The van der Waals surface area contributed by atoms with Crippen molar-refractivity contribution in [2.45, 2.75) is 4.90 Å². The number of anilines is 1. The zero-order chi connectivity index (χ0) is 14.3. The van der Waals surface area contributed by atoms with Crippen molar-refractivity contribution in [3.63, 3.8) is 0 Å². The molecule has 0 saturated heterocycles. The van der Waals surface area contributed by atoms with E-state index in [4.69, 9.17) is 25.1 Å². The molecule has 0 radical (unpaired) electrons. The minimum absolute atomic E-state index is 0.0444. The van der Waals surface area contributed by atoms with E-state index in [-0.39, 0.29) is 17.3 Å². The topological polar surface area (TPSA) is 114 Å². The van der Waals surface area contributed by atoms with Crippen LogP contribution in [0.5, 0.6) is 5.75 Å². The van der Waals surface area contributed by atoms with Gasteiger partial charge in [0.1, 0.15) is 12.4 Å². The zero-order valence-corrected chi connectivity index (χ0v) is 11.5. The number of nitrogens with two attached hydrogens (primary N) is 2. The van der Waals surface area contributed by atoms with Crippen molar-refractivity contribution >= 4 is 15.7 Å². The normalized spacial score (nSPS) is 11.5. The average molecular weight is 290 g/mol. The number of primary sulfonamides is 1. The van der Waals surface area contributed by atoms with Crippen LogP contribution in [-0.2, 0) is 19.5 Å². The van der Waals surface area contributed by atoms with Gasteiger partial charge in [-0.2, -0.15) is 0 Å². The van der Waals surface area contributed by atoms with Crippen molar-refractivity contribution in [3.8, 4) is 5.75 Å². The molecule has 0 aliphatic carbocycles. The maximum atomic E-state index is 11.2. The summed E-state index contributed by atoms with van der Waals surface area (Å²) in [5, 5.41) is 5.02. The molecule has 0 fully saturated rings. The van der Waals surface area contributed by atoms with E-state index in [0.717, 1.165) is 0 Å². The van der Waals surface area contributed by atoms with Crippen LogP contribution in [-0.4, -0.2) is 42.0 Å². The molecule has 19 heavy (non-hydrogen) atoms. The van der Waals surface area contributed by atoms with Gasteiger partial charge in [-0.25, -0.2) is 13.6 Å². The minimum Gasteiger partial charge on any atom is -0.489 e. The highest BCUT2D eigenvalue weighted by Gasteiger charge is 2.11. The summed E-state index contributed by atoms with van der Waals surface area (Å²) in [7, 11) is -2.19. The Balaban J connectivity index is 2.53. The van der Waals surface area contributed by atoms with E-state index >= 15 is 0 Å². The molecule has 4 N–H and O–H groups in total. The van der Waals surface area contributed by atoms with Gasteiger partial charge in [0.15, 0.2) is 0 Å². The summed E-state index contributed by atoms with van der Waals surface area (Å²) in [6, 6.07) is 4.05. The van der Waals surface area contributed by atoms with Crippen LogP contribution in [0.25, 0.3) is 0 Å². The fourth-order valence-electron chi connectivity index (χ4n) is 1.27. The number of methoxy groups -OCH3 is 1. The van der Waals surface area contributed by atoms with Crippen LogP contribution in [0.2, 0.25) is 0 Å². The van der Waals surface area contributed by atoms with Gasteiger partial charge in [-0.1, -0.05) is 0 Å². The monoisotopic (exact) mass is 290 g/mol. The van der Waals surface area contributed by atoms with Crippen LogP contribution >= 0.6 is 0 Å². The Morgan fingerprint density at radius 2 is 1.84 bits per heavy atom. The van der Waals surface area contributed by atoms with Gasteiger partial charge < -0.3 is 19.9 Å². The Morgan fingerprint density at radius 3 is 2.47 bits per heavy atom. The molecule has 0 unspecified atom stereocenters. The predicted octanol–water partition coefficient (Wildman–Crippen LogP) is -0.0420. The Hall–Kier alpha value is -1.35. The molecule has 0 aliphatic heterocycles. The number of sulfonamides is 1. The van der Waals surface area contributed by atoms with Gasteiger partial charge in [0.05, 0.1) is 30.4 Å². The molecule has 8 heteroatoms. The maximum absolute atomic E-state index is 11.2. The second-order valence-corrected chi connectivity index (χ2v) is 5.26. The molecule has 0 saturated carbocycles. The second kappa shape index (κ2) is 7.29. The molecule has 0 atom stereocenters. The summed E-state index contributed by atoms with van der Waals surface area (Å²) in [5.41, 5.74) is 6.01. The molecule has 0 heterocycles. The summed E-state index contributed by atoms with van der Waals surface area (Å²) in [4.78, 5) is -0.0444. The van der Waals surface area contributed by atoms with Crippen molar-refractivity contribution in [2.75, 3.05) is 39.3 Å². The zero-order valence-electron chi connectivity index (χ0n) is 10.7. The lowest BCUT2D eigenvalue weighted by Gasteiger charge is -2.10. The Bertz CT molecular complexity index is 504. The highest BCUT2D eigenvalue weighted by molar-refractivity contribution is 7.89. The van der Waals surface area contributed by atoms with E-state index in [9.17, 15) is 8.42 Å². The second-order valence-electron chi connectivity index (χ2n) is 3.70. The van der Waals surface area contributed by atoms with Gasteiger partial charge >= 0.3 is 0 Å². The van der Waals surface area contributed by atoms with Crippen LogP contribution in [0, 0.1) is 0 Å². The molecule has 0 bridgehead atoms. The van der Waals surface area contributed by atoms with E-state index in [1.807, 2.05) is 0 Å². The lowest BCUT2D eigenvalue weighted by molar-refractivity contribution is 0.0545. The van der Waals surface area contributed by atoms with E-state index in [0.29, 0.717) is 25.5 Å². The first-order valence-electron chi connectivity index (χ1n) is 5.57. The standard InChI is InChI=1S/C11H18N2O5S/c1-16-4-5-17-6-7-18-11-8-9(19(13,14)15)2-3-10(11)12/h2-3,8H,4-7,12H2,1H3,(H2,13,14,15). The first-order valence-corrected chi connectivity index (χ1v) is 7.11. The number of hydrogen-bond donors (Lipinski definition) is 2. The maximum Gasteiger partial charge on any atom is 0.238 e. The number of ether oxygens (including phenoxy) is 3. The number of nitrogen functional groups attached to an aromatic ring is 1. The third-order valence-corrected chi connectivity index (χ3v) is 3.14. The number of rotatable bonds is 8. The summed E-state index contributed by atoms with van der Waals surface area (Å²) in [6.45, 7) is 1.57. The SMILES string of the molecule is COCCOCCOc1cc(S(N)(=O)=O)ccc1N. The van der Waals surface area contributed by atoms with Crippen LogP contribution in [0.15, 0.2) is 23.1 Å². The van der Waals surface area contributed by atoms with E-state index in [2.05, 4.69) is 0 Å². The molecule has 0 aromatic heterocycles. The molecule has 0 aliphatic rings. The van der Waals surface area contributed by atoms with Crippen molar-refractivity contribution in [1.29, 1.82) is 0 Å². The molecule has 108 valence electrons. The van der Waals surface area contributed by atoms with Crippen molar-refractivity contribution in [1.82, 2.24) is 0 Å². The molecule has 1 aromatic carbocycles. The predicted molar refractivity (Wildman–Crippen MR) is 70.4 cm³/mol. The summed E-state index contributed by atoms with van der Waals surface area (Å²) < 4.78 is 37.7. The number of benzene rings is 1. The summed E-state index contributed by atoms with van der Waals surface area (Å²) in [5.74, 6) is 0.266. The van der Waals surface area contributed by atoms with E-state index < -0.39 is 10.0 Å². The largest absolute Gasteiger partial charge is 0.489 e. The quantitative estimate of drug-likeness (QED) is 0.513. The first-order chi connectivity index (χ1) is 8.95. The van der Waals surface area contributed by atoms with Crippen LogP contribution < -0.4 is 15.6 Å². The minimum atomic E-state index is -3.77. The molecule has 1 aromatic rings. The molecule has 0 amide bonds. The molecule has 7 nitrogen and oxygen atoms in total. The van der Waals surface area contributed by atoms with E-state index in [1.165, 1.54) is 18.2 Å². The third-order valence-electron chi connectivity index (χ3n) is 2.23. The van der Waals surface area contributed by atoms with Gasteiger partial charge in [0.25, 0.3) is 0 Å². The first kappa shape index (κ1) is 15.7. The lowest BCUT2D eigenvalue weighted by Crippen LogP contribution is -2.14. The number of hydrogen-bond acceptors (Lipinski definition) is 6. The third kappa shape index (κ3) is 5.43. The molecular weight excluding hydrogens is 272 g/mol. The van der Waals surface area contributed by atoms with Crippen LogP contribution in [0.4, 0.5) is 5.69 Å². The molecule has 0 spiro atoms. The van der Waals surface area contributed by atoms with Gasteiger partial charge in [0.2, 0.25) is 10.0 Å².